The van der Waals surface area contributed by atoms with Crippen LogP contribution in [-0.2, 0) is 6.54 Å². The molecule has 0 saturated carbocycles. The molecule has 0 bridgehead atoms. The van der Waals surface area contributed by atoms with Gasteiger partial charge in [0.05, 0.1) is 12.0 Å². The van der Waals surface area contributed by atoms with Gasteiger partial charge in [-0.15, -0.1) is 0 Å². The Labute approximate surface area is 152 Å². The van der Waals surface area contributed by atoms with Gasteiger partial charge in [0, 0.05) is 50.6 Å². The molecule has 3 rings (SSSR count). The molecule has 1 aliphatic heterocycles. The standard InChI is InChI=1S/C18H23N5O3/c1-21(18-19-9-8-17(20-18)26-2)16-7-4-10-22(13-16)12-14-5-3-6-15(11-14)23(24)25/h3,5-6,8-9,11,16H,4,7,10,12-13H2,1-2H3. The largest absolute Gasteiger partial charge is 0.481 e. The predicted molar refractivity (Wildman–Crippen MR) is 98.4 cm³/mol. The Morgan fingerprint density at radius 3 is 3.04 bits per heavy atom. The number of aromatic nitrogens is 2. The molecule has 0 radical (unpaired) electrons. The highest BCUT2D eigenvalue weighted by Gasteiger charge is 2.25. The monoisotopic (exact) mass is 357 g/mol. The van der Waals surface area contributed by atoms with Gasteiger partial charge in [0.15, 0.2) is 0 Å². The van der Waals surface area contributed by atoms with Gasteiger partial charge in [-0.2, -0.15) is 4.98 Å². The van der Waals surface area contributed by atoms with Gasteiger partial charge >= 0.3 is 0 Å². The van der Waals surface area contributed by atoms with Crippen molar-refractivity contribution in [1.29, 1.82) is 0 Å². The number of hydrogen-bond acceptors (Lipinski definition) is 7. The van der Waals surface area contributed by atoms with Crippen molar-refractivity contribution in [3.05, 3.63) is 52.2 Å². The highest BCUT2D eigenvalue weighted by atomic mass is 16.6. The lowest BCUT2D eigenvalue weighted by Crippen LogP contribution is -2.46. The second kappa shape index (κ2) is 8.09. The number of anilines is 1. The second-order valence-corrected chi connectivity index (χ2v) is 6.47. The number of hydrogen-bond donors (Lipinski definition) is 0. The molecule has 26 heavy (non-hydrogen) atoms. The van der Waals surface area contributed by atoms with Crippen molar-refractivity contribution in [2.45, 2.75) is 25.4 Å². The summed E-state index contributed by atoms with van der Waals surface area (Å²) in [5.74, 6) is 1.19. The summed E-state index contributed by atoms with van der Waals surface area (Å²) in [5.41, 5.74) is 1.10. The maximum absolute atomic E-state index is 11.0. The molecule has 1 aromatic carbocycles. The Bertz CT molecular complexity index is 770. The Kier molecular flexibility index (Phi) is 5.62. The molecule has 138 valence electrons. The number of likely N-dealkylation sites (tertiary alicyclic amines) is 1. The predicted octanol–water partition coefficient (Wildman–Crippen LogP) is 2.49. The lowest BCUT2D eigenvalue weighted by Gasteiger charge is -2.37. The van der Waals surface area contributed by atoms with Crippen molar-refractivity contribution in [3.8, 4) is 5.88 Å². The lowest BCUT2D eigenvalue weighted by atomic mass is 10.0. The van der Waals surface area contributed by atoms with Crippen LogP contribution in [0, 0.1) is 10.1 Å². The number of rotatable bonds is 6. The van der Waals surface area contributed by atoms with Crippen LogP contribution in [0.4, 0.5) is 11.6 Å². The summed E-state index contributed by atoms with van der Waals surface area (Å²) in [6.45, 7) is 2.54. The van der Waals surface area contributed by atoms with Gasteiger partial charge in [0.1, 0.15) is 0 Å². The van der Waals surface area contributed by atoms with Crippen LogP contribution in [0.15, 0.2) is 36.5 Å². The van der Waals surface area contributed by atoms with Gasteiger partial charge in [-0.1, -0.05) is 12.1 Å². The van der Waals surface area contributed by atoms with Gasteiger partial charge in [-0.3, -0.25) is 15.0 Å². The van der Waals surface area contributed by atoms with E-state index in [2.05, 4.69) is 19.8 Å². The van der Waals surface area contributed by atoms with Crippen LogP contribution in [-0.4, -0.2) is 53.1 Å². The van der Waals surface area contributed by atoms with E-state index in [1.807, 2.05) is 13.1 Å². The molecule has 1 aromatic heterocycles. The molecule has 8 heteroatoms. The van der Waals surface area contributed by atoms with Crippen molar-refractivity contribution < 1.29 is 9.66 Å². The minimum atomic E-state index is -0.351. The number of nitro benzene ring substituents is 1. The van der Waals surface area contributed by atoms with Crippen molar-refractivity contribution in [2.24, 2.45) is 0 Å². The summed E-state index contributed by atoms with van der Waals surface area (Å²) in [6, 6.07) is 8.87. The van der Waals surface area contributed by atoms with E-state index in [1.165, 1.54) is 6.07 Å². The molecule has 1 saturated heterocycles. The smallest absolute Gasteiger partial charge is 0.269 e. The van der Waals surface area contributed by atoms with Crippen LogP contribution >= 0.6 is 0 Å². The van der Waals surface area contributed by atoms with E-state index < -0.39 is 0 Å². The van der Waals surface area contributed by atoms with E-state index in [1.54, 1.807) is 31.5 Å². The molecule has 0 N–H and O–H groups in total. The highest BCUT2D eigenvalue weighted by molar-refractivity contribution is 5.35. The minimum absolute atomic E-state index is 0.137. The Morgan fingerprint density at radius 1 is 1.42 bits per heavy atom. The number of nitrogens with zero attached hydrogens (tertiary/aromatic N) is 5. The number of benzene rings is 1. The summed E-state index contributed by atoms with van der Waals surface area (Å²) in [6.07, 6.45) is 3.82. The van der Waals surface area contributed by atoms with Crippen molar-refractivity contribution in [1.82, 2.24) is 14.9 Å². The van der Waals surface area contributed by atoms with E-state index in [0.29, 0.717) is 18.4 Å². The summed E-state index contributed by atoms with van der Waals surface area (Å²) < 4.78 is 5.18. The third kappa shape index (κ3) is 4.26. The zero-order chi connectivity index (χ0) is 18.5. The maximum Gasteiger partial charge on any atom is 0.269 e. The van der Waals surface area contributed by atoms with E-state index in [9.17, 15) is 10.1 Å². The molecule has 1 fully saturated rings. The third-order valence-electron chi connectivity index (χ3n) is 4.70. The summed E-state index contributed by atoms with van der Waals surface area (Å²) in [4.78, 5) is 23.8. The second-order valence-electron chi connectivity index (χ2n) is 6.47. The molecule has 1 atom stereocenters. The van der Waals surface area contributed by atoms with E-state index >= 15 is 0 Å². The number of ether oxygens (including phenoxy) is 1. The quantitative estimate of drug-likeness (QED) is 0.580. The van der Waals surface area contributed by atoms with Crippen LogP contribution in [0.1, 0.15) is 18.4 Å². The van der Waals surface area contributed by atoms with Crippen LogP contribution in [0.5, 0.6) is 5.88 Å². The van der Waals surface area contributed by atoms with E-state index in [-0.39, 0.29) is 16.7 Å². The minimum Gasteiger partial charge on any atom is -0.481 e. The average Bonchev–Trinajstić information content (AvgIpc) is 2.68. The zero-order valence-corrected chi connectivity index (χ0v) is 15.0. The van der Waals surface area contributed by atoms with Crippen molar-refractivity contribution >= 4 is 11.6 Å². The normalized spacial score (nSPS) is 17.7. The van der Waals surface area contributed by atoms with Gasteiger partial charge < -0.3 is 9.64 Å². The molecule has 1 aliphatic rings. The summed E-state index contributed by atoms with van der Waals surface area (Å²) in [5, 5.41) is 11.0. The van der Waals surface area contributed by atoms with Crippen molar-refractivity contribution in [2.75, 3.05) is 32.1 Å². The Hall–Kier alpha value is -2.74. The van der Waals surface area contributed by atoms with Crippen molar-refractivity contribution in [3.63, 3.8) is 0 Å². The van der Waals surface area contributed by atoms with Crippen LogP contribution in [0.3, 0.4) is 0 Å². The van der Waals surface area contributed by atoms with Crippen LogP contribution in [0.25, 0.3) is 0 Å². The summed E-state index contributed by atoms with van der Waals surface area (Å²) in [7, 11) is 3.59. The van der Waals surface area contributed by atoms with Gasteiger partial charge in [-0.25, -0.2) is 4.98 Å². The Balaban J connectivity index is 1.67. The van der Waals surface area contributed by atoms with Crippen LogP contribution in [0.2, 0.25) is 0 Å². The number of nitro groups is 1. The molecule has 0 aliphatic carbocycles. The van der Waals surface area contributed by atoms with Gasteiger partial charge in [-0.05, 0) is 24.9 Å². The molecule has 1 unspecified atom stereocenters. The number of likely N-dealkylation sites (N-methyl/N-ethyl adjacent to an activating group) is 1. The first-order valence-corrected chi connectivity index (χ1v) is 8.62. The molecule has 2 heterocycles. The number of non-ortho nitro benzene ring substituents is 1. The Morgan fingerprint density at radius 2 is 2.27 bits per heavy atom. The SMILES string of the molecule is COc1ccnc(N(C)C2CCCN(Cc3cccc([N+](=O)[O-])c3)C2)n1. The fourth-order valence-electron chi connectivity index (χ4n) is 3.30. The first-order chi connectivity index (χ1) is 12.6. The zero-order valence-electron chi connectivity index (χ0n) is 15.0. The lowest BCUT2D eigenvalue weighted by molar-refractivity contribution is -0.384. The fourth-order valence-corrected chi connectivity index (χ4v) is 3.30. The molecule has 0 spiro atoms. The van der Waals surface area contributed by atoms with Crippen LogP contribution < -0.4 is 9.64 Å². The fraction of sp³-hybridized carbons (Fsp3) is 0.444. The summed E-state index contributed by atoms with van der Waals surface area (Å²) >= 11 is 0. The number of methoxy groups -OCH3 is 1. The topological polar surface area (TPSA) is 84.6 Å². The highest BCUT2D eigenvalue weighted by Crippen LogP contribution is 2.22. The molecule has 0 amide bonds. The molecule has 8 nitrogen and oxygen atoms in total. The van der Waals surface area contributed by atoms with Gasteiger partial charge in [0.2, 0.25) is 11.8 Å². The molecule has 2 aromatic rings. The van der Waals surface area contributed by atoms with Gasteiger partial charge in [0.25, 0.3) is 5.69 Å². The molecular formula is C18H23N5O3. The average molecular weight is 357 g/mol. The first kappa shape index (κ1) is 18.1. The molecular weight excluding hydrogens is 334 g/mol. The van der Waals surface area contributed by atoms with E-state index in [0.717, 1.165) is 31.5 Å². The van der Waals surface area contributed by atoms with E-state index in [4.69, 9.17) is 4.74 Å². The third-order valence-corrected chi connectivity index (χ3v) is 4.70. The number of piperidine rings is 1. The maximum atomic E-state index is 11.0. The first-order valence-electron chi connectivity index (χ1n) is 8.62.